The Kier molecular flexibility index (Phi) is 2.68. The van der Waals surface area contributed by atoms with Gasteiger partial charge in [-0.15, -0.1) is 0 Å². The Hall–Kier alpha value is -1.06. The van der Waals surface area contributed by atoms with Crippen molar-refractivity contribution in [2.45, 2.75) is 51.7 Å². The smallest absolute Gasteiger partial charge is 0.336 e. The SMILES string of the molecule is CCC1C(=O)NC2(CCC(C)C)C(=O)O[C@@H]12. The molecule has 2 aliphatic rings. The molecular formula is C12H19NO3. The quantitative estimate of drug-likeness (QED) is 0.732. The van der Waals surface area contributed by atoms with E-state index in [0.717, 1.165) is 12.8 Å². The zero-order valence-corrected chi connectivity index (χ0v) is 10.1. The van der Waals surface area contributed by atoms with Crippen LogP contribution in [-0.4, -0.2) is 23.5 Å². The van der Waals surface area contributed by atoms with E-state index in [1.54, 1.807) is 0 Å². The number of esters is 1. The molecule has 90 valence electrons. The molecule has 0 bridgehead atoms. The maximum Gasteiger partial charge on any atom is 0.336 e. The minimum absolute atomic E-state index is 0.0258. The number of carbonyl (C=O) groups excluding carboxylic acids is 2. The molecule has 3 atom stereocenters. The van der Waals surface area contributed by atoms with E-state index in [4.69, 9.17) is 4.74 Å². The molecular weight excluding hydrogens is 206 g/mol. The van der Waals surface area contributed by atoms with Crippen molar-refractivity contribution in [2.75, 3.05) is 0 Å². The standard InChI is InChI=1S/C12H19NO3/c1-4-8-9-12(11(15)16-9,13-10(8)14)6-5-7(2)3/h7-9H,4-6H2,1-3H3,(H,13,14)/t8?,9-,12?/m0/s1. The van der Waals surface area contributed by atoms with Gasteiger partial charge in [-0.05, 0) is 25.2 Å². The van der Waals surface area contributed by atoms with E-state index in [0.29, 0.717) is 12.3 Å². The van der Waals surface area contributed by atoms with E-state index in [-0.39, 0.29) is 23.9 Å². The summed E-state index contributed by atoms with van der Waals surface area (Å²) in [4.78, 5) is 23.3. The van der Waals surface area contributed by atoms with E-state index in [1.165, 1.54) is 0 Å². The fourth-order valence-electron chi connectivity index (χ4n) is 2.60. The Morgan fingerprint density at radius 3 is 2.62 bits per heavy atom. The lowest BCUT2D eigenvalue weighted by molar-refractivity contribution is -0.192. The number of nitrogens with one attached hydrogen (secondary N) is 1. The molecule has 2 unspecified atom stereocenters. The zero-order valence-electron chi connectivity index (χ0n) is 10.1. The summed E-state index contributed by atoms with van der Waals surface area (Å²) in [5, 5.41) is 2.86. The Balaban J connectivity index is 2.12. The van der Waals surface area contributed by atoms with E-state index >= 15 is 0 Å². The molecule has 2 saturated heterocycles. The van der Waals surface area contributed by atoms with Crippen molar-refractivity contribution in [1.29, 1.82) is 0 Å². The highest BCUT2D eigenvalue weighted by Gasteiger charge is 2.67. The molecule has 0 aliphatic carbocycles. The molecule has 2 fully saturated rings. The summed E-state index contributed by atoms with van der Waals surface area (Å²) in [6.07, 6.45) is 2.14. The fourth-order valence-corrected chi connectivity index (χ4v) is 2.60. The van der Waals surface area contributed by atoms with Crippen molar-refractivity contribution in [3.05, 3.63) is 0 Å². The third kappa shape index (κ3) is 1.43. The van der Waals surface area contributed by atoms with Crippen LogP contribution in [0.25, 0.3) is 0 Å². The molecule has 1 amide bonds. The zero-order chi connectivity index (χ0) is 11.9. The molecule has 4 nitrogen and oxygen atoms in total. The van der Waals surface area contributed by atoms with Crippen molar-refractivity contribution >= 4 is 11.9 Å². The molecule has 0 aromatic carbocycles. The molecule has 1 N–H and O–H groups in total. The van der Waals surface area contributed by atoms with Gasteiger partial charge < -0.3 is 10.1 Å². The number of rotatable bonds is 4. The lowest BCUT2D eigenvalue weighted by atomic mass is 9.78. The van der Waals surface area contributed by atoms with Gasteiger partial charge in [-0.3, -0.25) is 4.79 Å². The maximum absolute atomic E-state index is 11.7. The van der Waals surface area contributed by atoms with Crippen molar-refractivity contribution in [1.82, 2.24) is 5.32 Å². The highest BCUT2D eigenvalue weighted by atomic mass is 16.6. The van der Waals surface area contributed by atoms with Crippen LogP contribution in [0.3, 0.4) is 0 Å². The molecule has 16 heavy (non-hydrogen) atoms. The van der Waals surface area contributed by atoms with Crippen LogP contribution in [0.1, 0.15) is 40.0 Å². The van der Waals surface area contributed by atoms with Gasteiger partial charge in [0.2, 0.25) is 5.91 Å². The summed E-state index contributed by atoms with van der Waals surface area (Å²) in [7, 11) is 0. The molecule has 2 aliphatic heterocycles. The number of hydrogen-bond acceptors (Lipinski definition) is 3. The lowest BCUT2D eigenvalue weighted by Gasteiger charge is -2.43. The second-order valence-electron chi connectivity index (χ2n) is 5.23. The van der Waals surface area contributed by atoms with E-state index in [2.05, 4.69) is 19.2 Å². The van der Waals surface area contributed by atoms with Crippen LogP contribution in [0.2, 0.25) is 0 Å². The number of ether oxygens (including phenoxy) is 1. The topological polar surface area (TPSA) is 55.4 Å². The van der Waals surface area contributed by atoms with Crippen molar-refractivity contribution in [2.24, 2.45) is 11.8 Å². The first kappa shape index (κ1) is 11.4. The number of carbonyl (C=O) groups is 2. The Bertz CT molecular complexity index is 326. The second-order valence-corrected chi connectivity index (χ2v) is 5.23. The Morgan fingerprint density at radius 2 is 2.12 bits per heavy atom. The van der Waals surface area contributed by atoms with Crippen LogP contribution in [-0.2, 0) is 14.3 Å². The van der Waals surface area contributed by atoms with Gasteiger partial charge in [-0.1, -0.05) is 20.8 Å². The van der Waals surface area contributed by atoms with E-state index < -0.39 is 5.54 Å². The average Bonchev–Trinajstić information content (AvgIpc) is 2.44. The van der Waals surface area contributed by atoms with Gasteiger partial charge in [0.1, 0.15) is 6.10 Å². The van der Waals surface area contributed by atoms with E-state index in [9.17, 15) is 9.59 Å². The molecule has 0 aromatic heterocycles. The van der Waals surface area contributed by atoms with Gasteiger partial charge in [0.05, 0.1) is 5.92 Å². The number of hydrogen-bond donors (Lipinski definition) is 1. The first-order valence-electron chi connectivity index (χ1n) is 6.04. The predicted molar refractivity (Wildman–Crippen MR) is 58.6 cm³/mol. The molecule has 0 spiro atoms. The lowest BCUT2D eigenvalue weighted by Crippen LogP contribution is -2.66. The molecule has 0 radical (unpaired) electrons. The third-order valence-electron chi connectivity index (χ3n) is 3.69. The van der Waals surface area contributed by atoms with Gasteiger partial charge in [0.15, 0.2) is 5.54 Å². The van der Waals surface area contributed by atoms with Crippen LogP contribution >= 0.6 is 0 Å². The highest BCUT2D eigenvalue weighted by Crippen LogP contribution is 2.43. The molecule has 2 heterocycles. The van der Waals surface area contributed by atoms with Crippen LogP contribution < -0.4 is 5.32 Å². The van der Waals surface area contributed by atoms with Crippen LogP contribution in [0.5, 0.6) is 0 Å². The normalized spacial score (nSPS) is 36.8. The van der Waals surface area contributed by atoms with Crippen LogP contribution in [0, 0.1) is 11.8 Å². The average molecular weight is 225 g/mol. The summed E-state index contributed by atoms with van der Waals surface area (Å²) >= 11 is 0. The highest BCUT2D eigenvalue weighted by molar-refractivity contribution is 5.99. The molecule has 2 rings (SSSR count). The van der Waals surface area contributed by atoms with Crippen LogP contribution in [0.4, 0.5) is 0 Å². The second kappa shape index (κ2) is 3.75. The summed E-state index contributed by atoms with van der Waals surface area (Å²) in [5.41, 5.74) is -0.692. The van der Waals surface area contributed by atoms with Gasteiger partial charge in [0, 0.05) is 0 Å². The predicted octanol–water partition coefficient (Wildman–Crippen LogP) is 1.24. The van der Waals surface area contributed by atoms with Crippen molar-refractivity contribution in [3.8, 4) is 0 Å². The molecule has 0 aromatic rings. The van der Waals surface area contributed by atoms with Gasteiger partial charge in [0.25, 0.3) is 0 Å². The first-order valence-corrected chi connectivity index (χ1v) is 6.04. The first-order chi connectivity index (χ1) is 7.51. The van der Waals surface area contributed by atoms with Gasteiger partial charge in [-0.25, -0.2) is 4.79 Å². The Morgan fingerprint density at radius 1 is 1.44 bits per heavy atom. The Labute approximate surface area is 95.7 Å². The summed E-state index contributed by atoms with van der Waals surface area (Å²) in [5.74, 6) is 0.107. The minimum atomic E-state index is -0.692. The summed E-state index contributed by atoms with van der Waals surface area (Å²) < 4.78 is 5.15. The van der Waals surface area contributed by atoms with Crippen LogP contribution in [0.15, 0.2) is 0 Å². The van der Waals surface area contributed by atoms with Gasteiger partial charge >= 0.3 is 5.97 Å². The monoisotopic (exact) mass is 225 g/mol. The van der Waals surface area contributed by atoms with Crippen molar-refractivity contribution < 1.29 is 14.3 Å². The summed E-state index contributed by atoms with van der Waals surface area (Å²) in [6.45, 7) is 6.18. The molecule has 0 saturated carbocycles. The van der Waals surface area contributed by atoms with Crippen molar-refractivity contribution in [3.63, 3.8) is 0 Å². The number of amides is 1. The fraction of sp³-hybridized carbons (Fsp3) is 0.833. The summed E-state index contributed by atoms with van der Waals surface area (Å²) in [6, 6.07) is 0. The molecule has 4 heteroatoms. The van der Waals surface area contributed by atoms with Gasteiger partial charge in [-0.2, -0.15) is 0 Å². The largest absolute Gasteiger partial charge is 0.457 e. The third-order valence-corrected chi connectivity index (χ3v) is 3.69. The minimum Gasteiger partial charge on any atom is -0.457 e. The maximum atomic E-state index is 11.7. The number of fused-ring (bicyclic) bond motifs is 1. The van der Waals surface area contributed by atoms with E-state index in [1.807, 2.05) is 6.92 Å².